The second kappa shape index (κ2) is 9.39. The van der Waals surface area contributed by atoms with Crippen LogP contribution >= 0.6 is 0 Å². The summed E-state index contributed by atoms with van der Waals surface area (Å²) in [5, 5.41) is 4.48. The lowest BCUT2D eigenvalue weighted by Crippen LogP contribution is -2.40. The van der Waals surface area contributed by atoms with Crippen LogP contribution in [0.2, 0.25) is 0 Å². The molecule has 6 heteroatoms. The molecular formula is C24H27N3O3. The number of anilines is 1. The Bertz CT molecular complexity index is 1070. The number of hydrogen-bond donors (Lipinski definition) is 0. The van der Waals surface area contributed by atoms with Gasteiger partial charge < -0.3 is 9.64 Å². The first-order valence-electron chi connectivity index (χ1n) is 10.2. The summed E-state index contributed by atoms with van der Waals surface area (Å²) in [4.78, 5) is 27.4. The van der Waals surface area contributed by atoms with Crippen molar-refractivity contribution in [2.45, 2.75) is 33.7 Å². The molecular weight excluding hydrogens is 378 g/mol. The van der Waals surface area contributed by atoms with Crippen LogP contribution in [0.3, 0.4) is 0 Å². The summed E-state index contributed by atoms with van der Waals surface area (Å²) in [6.07, 6.45) is 0. The van der Waals surface area contributed by atoms with Crippen molar-refractivity contribution in [1.29, 1.82) is 0 Å². The number of carbonyl (C=O) groups excluding carboxylic acids is 1. The molecule has 1 unspecified atom stereocenters. The van der Waals surface area contributed by atoms with Crippen molar-refractivity contribution < 1.29 is 9.53 Å². The second-order valence-electron chi connectivity index (χ2n) is 7.06. The van der Waals surface area contributed by atoms with Crippen molar-refractivity contribution >= 4 is 11.6 Å². The van der Waals surface area contributed by atoms with Gasteiger partial charge in [-0.3, -0.25) is 9.59 Å². The average Bonchev–Trinajstić information content (AvgIpc) is 2.75. The van der Waals surface area contributed by atoms with E-state index < -0.39 is 6.04 Å². The van der Waals surface area contributed by atoms with E-state index in [1.807, 2.05) is 69.3 Å². The zero-order valence-corrected chi connectivity index (χ0v) is 17.8. The fourth-order valence-corrected chi connectivity index (χ4v) is 3.34. The van der Waals surface area contributed by atoms with Crippen LogP contribution in [0.15, 0.2) is 65.5 Å². The van der Waals surface area contributed by atoms with E-state index >= 15 is 0 Å². The average molecular weight is 405 g/mol. The van der Waals surface area contributed by atoms with Gasteiger partial charge in [0.05, 0.1) is 12.3 Å². The Morgan fingerprint density at radius 3 is 2.47 bits per heavy atom. The third-order valence-corrected chi connectivity index (χ3v) is 4.91. The third kappa shape index (κ3) is 4.59. The minimum Gasteiger partial charge on any atom is -0.494 e. The van der Waals surface area contributed by atoms with Gasteiger partial charge in [0, 0.05) is 23.9 Å². The Balaban J connectivity index is 1.91. The number of aromatic nitrogens is 2. The first-order chi connectivity index (χ1) is 14.4. The van der Waals surface area contributed by atoms with E-state index in [-0.39, 0.29) is 11.5 Å². The van der Waals surface area contributed by atoms with Crippen LogP contribution < -0.4 is 15.2 Å². The summed E-state index contributed by atoms with van der Waals surface area (Å²) in [5.74, 6) is 0.594. The summed E-state index contributed by atoms with van der Waals surface area (Å²) >= 11 is 0. The highest BCUT2D eigenvalue weighted by Crippen LogP contribution is 2.22. The predicted molar refractivity (Wildman–Crippen MR) is 119 cm³/mol. The maximum atomic E-state index is 13.2. The molecule has 1 atom stereocenters. The number of likely N-dealkylation sites (N-methyl/N-ethyl adjacent to an activating group) is 1. The number of nitrogens with zero attached hydrogens (tertiary/aromatic N) is 3. The number of hydrogen-bond acceptors (Lipinski definition) is 4. The van der Waals surface area contributed by atoms with Gasteiger partial charge in [0.2, 0.25) is 0 Å². The molecule has 0 N–H and O–H groups in total. The van der Waals surface area contributed by atoms with Crippen LogP contribution in [0.1, 0.15) is 32.4 Å². The van der Waals surface area contributed by atoms with Crippen LogP contribution in [0.25, 0.3) is 11.3 Å². The molecule has 0 spiro atoms. The maximum Gasteiger partial charge on any atom is 0.267 e. The number of carbonyl (C=O) groups is 1. The van der Waals surface area contributed by atoms with Crippen molar-refractivity contribution in [3.05, 3.63) is 76.6 Å². The smallest absolute Gasteiger partial charge is 0.267 e. The largest absolute Gasteiger partial charge is 0.494 e. The van der Waals surface area contributed by atoms with E-state index in [9.17, 15) is 9.59 Å². The fourth-order valence-electron chi connectivity index (χ4n) is 3.34. The molecule has 0 saturated heterocycles. The van der Waals surface area contributed by atoms with Gasteiger partial charge in [-0.1, -0.05) is 12.1 Å². The topological polar surface area (TPSA) is 64.4 Å². The Morgan fingerprint density at radius 2 is 1.83 bits per heavy atom. The summed E-state index contributed by atoms with van der Waals surface area (Å²) < 4.78 is 6.73. The van der Waals surface area contributed by atoms with Gasteiger partial charge in [0.15, 0.2) is 0 Å². The second-order valence-corrected chi connectivity index (χ2v) is 7.06. The molecule has 0 bridgehead atoms. The highest BCUT2D eigenvalue weighted by molar-refractivity contribution is 5.95. The van der Waals surface area contributed by atoms with Gasteiger partial charge in [0.1, 0.15) is 11.8 Å². The summed E-state index contributed by atoms with van der Waals surface area (Å²) in [6, 6.07) is 17.6. The van der Waals surface area contributed by atoms with Crippen molar-refractivity contribution in [2.24, 2.45) is 0 Å². The van der Waals surface area contributed by atoms with Gasteiger partial charge in [0.25, 0.3) is 11.5 Å². The zero-order chi connectivity index (χ0) is 21.7. The maximum absolute atomic E-state index is 13.2. The fraction of sp³-hybridized carbons (Fsp3) is 0.292. The molecule has 1 aromatic heterocycles. The van der Waals surface area contributed by atoms with Gasteiger partial charge in [-0.05, 0) is 75.7 Å². The molecule has 0 aliphatic rings. The normalized spacial score (nSPS) is 11.7. The summed E-state index contributed by atoms with van der Waals surface area (Å²) in [6.45, 7) is 8.63. The van der Waals surface area contributed by atoms with E-state index in [1.54, 1.807) is 17.9 Å². The number of benzene rings is 2. The first-order valence-corrected chi connectivity index (χ1v) is 10.2. The Kier molecular flexibility index (Phi) is 6.67. The van der Waals surface area contributed by atoms with Crippen molar-refractivity contribution in [1.82, 2.24) is 9.78 Å². The molecule has 0 aliphatic carbocycles. The predicted octanol–water partition coefficient (Wildman–Crippen LogP) is 4.23. The SMILES string of the molecule is CCOc1ccc(-c2ccc(=O)n(C(C)C(=O)N(CC)c3cccc(C)c3)n2)cc1. The monoisotopic (exact) mass is 405 g/mol. The molecule has 0 fully saturated rings. The van der Waals surface area contributed by atoms with E-state index in [1.165, 1.54) is 10.7 Å². The zero-order valence-electron chi connectivity index (χ0n) is 17.8. The Morgan fingerprint density at radius 1 is 1.10 bits per heavy atom. The van der Waals surface area contributed by atoms with Crippen LogP contribution in [-0.2, 0) is 4.79 Å². The molecule has 156 valence electrons. The van der Waals surface area contributed by atoms with Crippen LogP contribution in [0.5, 0.6) is 5.75 Å². The molecule has 2 aromatic carbocycles. The lowest BCUT2D eigenvalue weighted by Gasteiger charge is -2.25. The quantitative estimate of drug-likeness (QED) is 0.590. The summed E-state index contributed by atoms with van der Waals surface area (Å²) in [5.41, 5.74) is 3.03. The summed E-state index contributed by atoms with van der Waals surface area (Å²) in [7, 11) is 0. The molecule has 0 radical (unpaired) electrons. The minimum absolute atomic E-state index is 0.179. The molecule has 0 aliphatic heterocycles. The van der Waals surface area contributed by atoms with Gasteiger partial charge in [-0.2, -0.15) is 5.10 Å². The van der Waals surface area contributed by atoms with E-state index in [4.69, 9.17) is 4.74 Å². The molecule has 0 saturated carbocycles. The van der Waals surface area contributed by atoms with Gasteiger partial charge in [-0.15, -0.1) is 0 Å². The lowest BCUT2D eigenvalue weighted by atomic mass is 10.1. The molecule has 3 aromatic rings. The molecule has 30 heavy (non-hydrogen) atoms. The van der Waals surface area contributed by atoms with E-state index in [2.05, 4.69) is 5.10 Å². The van der Waals surface area contributed by atoms with Crippen molar-refractivity contribution in [3.8, 4) is 17.0 Å². The number of ether oxygens (including phenoxy) is 1. The Hall–Kier alpha value is -3.41. The van der Waals surface area contributed by atoms with Crippen LogP contribution in [-0.4, -0.2) is 28.8 Å². The van der Waals surface area contributed by atoms with Crippen LogP contribution in [0.4, 0.5) is 5.69 Å². The third-order valence-electron chi connectivity index (χ3n) is 4.91. The molecule has 1 amide bonds. The molecule has 1 heterocycles. The van der Waals surface area contributed by atoms with Crippen molar-refractivity contribution in [2.75, 3.05) is 18.1 Å². The minimum atomic E-state index is -0.736. The van der Waals surface area contributed by atoms with Gasteiger partial charge in [-0.25, -0.2) is 4.68 Å². The highest BCUT2D eigenvalue weighted by Gasteiger charge is 2.24. The number of aryl methyl sites for hydroxylation is 1. The van der Waals surface area contributed by atoms with E-state index in [0.717, 1.165) is 22.6 Å². The first kappa shape index (κ1) is 21.3. The van der Waals surface area contributed by atoms with Crippen molar-refractivity contribution in [3.63, 3.8) is 0 Å². The van der Waals surface area contributed by atoms with E-state index in [0.29, 0.717) is 18.8 Å². The molecule has 6 nitrogen and oxygen atoms in total. The van der Waals surface area contributed by atoms with Crippen LogP contribution in [0, 0.1) is 6.92 Å². The Labute approximate surface area is 176 Å². The number of amides is 1. The molecule has 3 rings (SSSR count). The standard InChI is InChI=1S/C24H27N3O3/c1-5-26(20-9-7-8-17(3)16-20)24(29)18(4)27-23(28)15-14-22(25-27)19-10-12-21(13-11-19)30-6-2/h7-16,18H,5-6H2,1-4H3. The highest BCUT2D eigenvalue weighted by atomic mass is 16.5. The lowest BCUT2D eigenvalue weighted by molar-refractivity contribution is -0.121. The number of rotatable bonds is 7. The van der Waals surface area contributed by atoms with Gasteiger partial charge >= 0.3 is 0 Å².